The molecule has 6 nitrogen and oxygen atoms in total. The van der Waals surface area contributed by atoms with Crippen LogP contribution in [0.15, 0.2) is 47.9 Å². The zero-order chi connectivity index (χ0) is 21.4. The van der Waals surface area contributed by atoms with Gasteiger partial charge in [0.2, 0.25) is 5.92 Å². The first kappa shape index (κ1) is 21.4. The van der Waals surface area contributed by atoms with Gasteiger partial charge in [0, 0.05) is 51.1 Å². The molecule has 164 valence electrons. The maximum atomic E-state index is 13.4. The molecule has 2 aliphatic rings. The van der Waals surface area contributed by atoms with Crippen LogP contribution >= 0.6 is 0 Å². The lowest BCUT2D eigenvalue weighted by Crippen LogP contribution is -2.40. The third-order valence-corrected chi connectivity index (χ3v) is 8.02. The molecule has 2 fully saturated rings. The van der Waals surface area contributed by atoms with Crippen molar-refractivity contribution < 1.29 is 17.2 Å². The van der Waals surface area contributed by atoms with Crippen LogP contribution in [-0.2, 0) is 17.1 Å². The van der Waals surface area contributed by atoms with Crippen molar-refractivity contribution in [2.75, 3.05) is 19.6 Å². The Hall–Kier alpha value is -1.84. The van der Waals surface area contributed by atoms with Gasteiger partial charge in [-0.2, -0.15) is 4.31 Å². The normalized spacial score (nSPS) is 25.6. The van der Waals surface area contributed by atoms with Crippen molar-refractivity contribution in [2.24, 2.45) is 13.0 Å². The quantitative estimate of drug-likeness (QED) is 0.753. The topological polar surface area (TPSA) is 67.2 Å². The van der Waals surface area contributed by atoms with Gasteiger partial charge in [-0.15, -0.1) is 0 Å². The summed E-state index contributed by atoms with van der Waals surface area (Å²) in [5, 5.41) is 3.56. The number of rotatable bonds is 6. The second kappa shape index (κ2) is 8.36. The maximum absolute atomic E-state index is 13.4. The summed E-state index contributed by atoms with van der Waals surface area (Å²) >= 11 is 0. The number of nitrogens with one attached hydrogen (secondary N) is 1. The van der Waals surface area contributed by atoms with Crippen LogP contribution in [0.5, 0.6) is 0 Å². The van der Waals surface area contributed by atoms with E-state index in [1.54, 1.807) is 11.6 Å². The second-order valence-electron chi connectivity index (χ2n) is 8.53. The van der Waals surface area contributed by atoms with Crippen molar-refractivity contribution in [3.8, 4) is 0 Å². The van der Waals surface area contributed by atoms with E-state index in [2.05, 4.69) is 10.3 Å². The van der Waals surface area contributed by atoms with Crippen LogP contribution in [0, 0.1) is 5.92 Å². The van der Waals surface area contributed by atoms with E-state index in [0.717, 1.165) is 5.56 Å². The highest BCUT2D eigenvalue weighted by Crippen LogP contribution is 2.36. The lowest BCUT2D eigenvalue weighted by Gasteiger charge is -2.30. The van der Waals surface area contributed by atoms with Crippen molar-refractivity contribution in [1.82, 2.24) is 19.2 Å². The summed E-state index contributed by atoms with van der Waals surface area (Å²) in [6.07, 6.45) is 3.86. The van der Waals surface area contributed by atoms with Crippen molar-refractivity contribution in [2.45, 2.75) is 48.6 Å². The summed E-state index contributed by atoms with van der Waals surface area (Å²) in [6.45, 7) is 1.33. The Morgan fingerprint density at radius 2 is 1.87 bits per heavy atom. The molecule has 1 saturated heterocycles. The predicted molar refractivity (Wildman–Crippen MR) is 110 cm³/mol. The summed E-state index contributed by atoms with van der Waals surface area (Å²) in [7, 11) is -1.95. The maximum Gasteiger partial charge on any atom is 0.262 e. The summed E-state index contributed by atoms with van der Waals surface area (Å²) in [4.78, 5) is 4.03. The van der Waals surface area contributed by atoms with Gasteiger partial charge in [-0.1, -0.05) is 30.3 Å². The van der Waals surface area contributed by atoms with E-state index < -0.39 is 15.9 Å². The average molecular weight is 439 g/mol. The average Bonchev–Trinajstić information content (AvgIpc) is 3.35. The molecule has 0 spiro atoms. The summed E-state index contributed by atoms with van der Waals surface area (Å²) in [5.41, 5.74) is 1.07. The lowest BCUT2D eigenvalue weighted by molar-refractivity contribution is -0.0456. The van der Waals surface area contributed by atoms with Crippen molar-refractivity contribution >= 4 is 10.0 Å². The third kappa shape index (κ3) is 4.58. The van der Waals surface area contributed by atoms with Crippen molar-refractivity contribution in [1.29, 1.82) is 0 Å². The number of aromatic nitrogens is 2. The minimum Gasteiger partial charge on any atom is -0.339 e. The van der Waals surface area contributed by atoms with Crippen LogP contribution in [0.4, 0.5) is 8.78 Å². The molecular formula is C21H28F2N4O2S. The summed E-state index contributed by atoms with van der Waals surface area (Å²) in [5.74, 6) is -2.35. The van der Waals surface area contributed by atoms with Crippen LogP contribution in [0.2, 0.25) is 0 Å². The first-order valence-electron chi connectivity index (χ1n) is 10.4. The van der Waals surface area contributed by atoms with Crippen LogP contribution < -0.4 is 5.32 Å². The highest BCUT2D eigenvalue weighted by molar-refractivity contribution is 7.89. The molecule has 1 aliphatic heterocycles. The van der Waals surface area contributed by atoms with E-state index in [-0.39, 0.29) is 35.7 Å². The molecule has 1 aliphatic carbocycles. The van der Waals surface area contributed by atoms with Gasteiger partial charge in [0.1, 0.15) is 0 Å². The molecule has 4 rings (SSSR count). The zero-order valence-electron chi connectivity index (χ0n) is 17.0. The van der Waals surface area contributed by atoms with Gasteiger partial charge >= 0.3 is 0 Å². The largest absolute Gasteiger partial charge is 0.339 e. The molecular weight excluding hydrogens is 410 g/mol. The predicted octanol–water partition coefficient (Wildman–Crippen LogP) is 2.99. The Labute approximate surface area is 176 Å². The fourth-order valence-electron chi connectivity index (χ4n) is 4.49. The van der Waals surface area contributed by atoms with E-state index >= 15 is 0 Å². The molecule has 2 atom stereocenters. The highest BCUT2D eigenvalue weighted by atomic mass is 32.2. The number of aryl methyl sites for hydroxylation is 1. The number of imidazole rings is 1. The van der Waals surface area contributed by atoms with Gasteiger partial charge in [0.25, 0.3) is 10.0 Å². The van der Waals surface area contributed by atoms with Gasteiger partial charge in [-0.25, -0.2) is 22.2 Å². The fourth-order valence-corrected chi connectivity index (χ4v) is 5.94. The molecule has 1 N–H and O–H groups in total. The Balaban J connectivity index is 1.49. The molecule has 30 heavy (non-hydrogen) atoms. The number of nitrogens with zero attached hydrogens (tertiary/aromatic N) is 3. The molecule has 9 heteroatoms. The minimum absolute atomic E-state index is 0.00489. The molecule has 2 aromatic rings. The Morgan fingerprint density at radius 3 is 2.50 bits per heavy atom. The number of alkyl halides is 2. The Kier molecular flexibility index (Phi) is 5.96. The van der Waals surface area contributed by atoms with E-state index in [9.17, 15) is 17.2 Å². The monoisotopic (exact) mass is 438 g/mol. The van der Waals surface area contributed by atoms with Crippen LogP contribution in [0.3, 0.4) is 0 Å². The first-order valence-corrected chi connectivity index (χ1v) is 11.8. The number of sulfonamides is 1. The number of hydrogen-bond donors (Lipinski definition) is 1. The lowest BCUT2D eigenvalue weighted by atomic mass is 9.86. The zero-order valence-corrected chi connectivity index (χ0v) is 17.9. The number of hydrogen-bond acceptors (Lipinski definition) is 4. The van der Waals surface area contributed by atoms with Crippen LogP contribution in [0.1, 0.15) is 37.2 Å². The highest BCUT2D eigenvalue weighted by Gasteiger charge is 2.41. The molecule has 0 bridgehead atoms. The second-order valence-corrected chi connectivity index (χ2v) is 10.4. The third-order valence-electron chi connectivity index (χ3n) is 6.30. The summed E-state index contributed by atoms with van der Waals surface area (Å²) in [6, 6.07) is 9.78. The summed E-state index contributed by atoms with van der Waals surface area (Å²) < 4.78 is 56.2. The molecule has 2 unspecified atom stereocenters. The Morgan fingerprint density at radius 1 is 1.17 bits per heavy atom. The van der Waals surface area contributed by atoms with Gasteiger partial charge in [0.15, 0.2) is 5.03 Å². The smallest absolute Gasteiger partial charge is 0.262 e. The SMILES string of the molecule is Cn1cnc(S(=O)(=O)N2CC(NCC3CCC(F)(F)CC3)C(c3ccccc3)C2)c1. The molecule has 1 aromatic carbocycles. The van der Waals surface area contributed by atoms with E-state index in [4.69, 9.17) is 0 Å². The molecule has 1 saturated carbocycles. The Bertz CT molecular complexity index is 954. The van der Waals surface area contributed by atoms with Gasteiger partial charge < -0.3 is 9.88 Å². The van der Waals surface area contributed by atoms with Crippen LogP contribution in [0.25, 0.3) is 0 Å². The van der Waals surface area contributed by atoms with E-state index in [1.807, 2.05) is 30.3 Å². The first-order chi connectivity index (χ1) is 14.2. The minimum atomic E-state index is -3.69. The van der Waals surface area contributed by atoms with Crippen LogP contribution in [-0.4, -0.2) is 53.9 Å². The molecule has 2 heterocycles. The number of benzene rings is 1. The van der Waals surface area contributed by atoms with Crippen molar-refractivity contribution in [3.63, 3.8) is 0 Å². The van der Waals surface area contributed by atoms with Gasteiger partial charge in [-0.05, 0) is 30.9 Å². The fraction of sp³-hybridized carbons (Fsp3) is 0.571. The van der Waals surface area contributed by atoms with E-state index in [0.29, 0.717) is 32.5 Å². The standard InChI is InChI=1S/C21H28F2N4O2S/c1-26-14-20(25-15-26)30(28,29)27-12-18(17-5-3-2-4-6-17)19(13-27)24-11-16-7-9-21(22,23)10-8-16/h2-6,14-16,18-19,24H,7-13H2,1H3. The van der Waals surface area contributed by atoms with Crippen molar-refractivity contribution in [3.05, 3.63) is 48.4 Å². The van der Waals surface area contributed by atoms with Gasteiger partial charge in [0.05, 0.1) is 6.33 Å². The molecule has 1 aromatic heterocycles. The van der Waals surface area contributed by atoms with Gasteiger partial charge in [-0.3, -0.25) is 0 Å². The molecule has 0 radical (unpaired) electrons. The number of halogens is 2. The molecule has 0 amide bonds. The van der Waals surface area contributed by atoms with E-state index in [1.165, 1.54) is 16.8 Å².